The Hall–Kier alpha value is -3.52. The number of carboxylic acid groups (broad SMARTS) is 2. The Balaban J connectivity index is 0.000000321. The molecule has 0 spiro atoms. The zero-order chi connectivity index (χ0) is 19.7. The Morgan fingerprint density at radius 2 is 1.31 bits per heavy atom. The van der Waals surface area contributed by atoms with Crippen LogP contribution in [0.15, 0.2) is 42.5 Å². The molecule has 138 valence electrons. The van der Waals surface area contributed by atoms with Crippen LogP contribution in [0.25, 0.3) is 12.2 Å². The number of hydrogen-bond donors (Lipinski definition) is 6. The molecule has 0 saturated heterocycles. The van der Waals surface area contributed by atoms with Gasteiger partial charge in [0.25, 0.3) is 0 Å². The van der Waals surface area contributed by atoms with Crippen LogP contribution in [0.5, 0.6) is 17.2 Å². The number of rotatable bonds is 5. The molecular weight excluding hydrogens is 344 g/mol. The first kappa shape index (κ1) is 20.5. The number of aliphatic hydroxyl groups excluding tert-OH is 1. The lowest BCUT2D eigenvalue weighted by Gasteiger charge is -1.98. The van der Waals surface area contributed by atoms with Crippen molar-refractivity contribution >= 4 is 24.1 Å². The van der Waals surface area contributed by atoms with E-state index in [9.17, 15) is 19.8 Å². The molecule has 0 heterocycles. The molecule has 2 rings (SSSR count). The molecule has 0 saturated carbocycles. The highest BCUT2D eigenvalue weighted by molar-refractivity contribution is 5.79. The molecule has 0 radical (unpaired) electrons. The van der Waals surface area contributed by atoms with Crippen LogP contribution in [0.3, 0.4) is 0 Å². The van der Waals surface area contributed by atoms with Gasteiger partial charge in [-0.3, -0.25) is 4.79 Å². The highest BCUT2D eigenvalue weighted by Gasteiger charge is 2.16. The Kier molecular flexibility index (Phi) is 7.66. The largest absolute Gasteiger partial charge is 0.508 e. The second-order valence-electron chi connectivity index (χ2n) is 5.16. The van der Waals surface area contributed by atoms with Crippen molar-refractivity contribution in [3.63, 3.8) is 0 Å². The van der Waals surface area contributed by atoms with Crippen LogP contribution in [-0.4, -0.2) is 48.7 Å². The summed E-state index contributed by atoms with van der Waals surface area (Å²) >= 11 is 0. The number of carboxylic acids is 2. The number of aliphatic carboxylic acids is 2. The number of aromatic hydroxyl groups is 3. The minimum atomic E-state index is -1.79. The van der Waals surface area contributed by atoms with Gasteiger partial charge in [-0.15, -0.1) is 0 Å². The average Bonchev–Trinajstić information content (AvgIpc) is 2.53. The summed E-state index contributed by atoms with van der Waals surface area (Å²) in [4.78, 5) is 19.4. The third-order valence-corrected chi connectivity index (χ3v) is 2.94. The molecule has 6 N–H and O–H groups in total. The van der Waals surface area contributed by atoms with E-state index in [4.69, 9.17) is 20.4 Å². The summed E-state index contributed by atoms with van der Waals surface area (Å²) in [6, 6.07) is 11.1. The lowest BCUT2D eigenvalue weighted by molar-refractivity contribution is -0.152. The van der Waals surface area contributed by atoms with Crippen LogP contribution < -0.4 is 0 Å². The van der Waals surface area contributed by atoms with Gasteiger partial charge >= 0.3 is 11.9 Å². The molecule has 26 heavy (non-hydrogen) atoms. The molecule has 0 aliphatic rings. The molecule has 0 fully saturated rings. The first-order valence-corrected chi connectivity index (χ1v) is 7.30. The predicted molar refractivity (Wildman–Crippen MR) is 92.7 cm³/mol. The van der Waals surface area contributed by atoms with Crippen LogP contribution in [-0.2, 0) is 9.59 Å². The molecule has 2 aromatic rings. The zero-order valence-electron chi connectivity index (χ0n) is 13.5. The van der Waals surface area contributed by atoms with E-state index in [2.05, 4.69) is 0 Å². The predicted octanol–water partition coefficient (Wildman–Crippen LogP) is 1.88. The fourth-order valence-corrected chi connectivity index (χ4v) is 1.74. The van der Waals surface area contributed by atoms with Gasteiger partial charge in [0.2, 0.25) is 0 Å². The van der Waals surface area contributed by atoms with Gasteiger partial charge in [-0.25, -0.2) is 4.79 Å². The van der Waals surface area contributed by atoms with Crippen molar-refractivity contribution in [3.8, 4) is 17.2 Å². The fraction of sp³-hybridized carbons (Fsp3) is 0.111. The molecule has 0 amide bonds. The van der Waals surface area contributed by atoms with Crippen LogP contribution in [0, 0.1) is 0 Å². The lowest BCUT2D eigenvalue weighted by atomic mass is 10.1. The molecule has 8 heteroatoms. The van der Waals surface area contributed by atoms with Gasteiger partial charge in [0.15, 0.2) is 6.10 Å². The number of carbonyl (C=O) groups is 2. The van der Waals surface area contributed by atoms with E-state index >= 15 is 0 Å². The van der Waals surface area contributed by atoms with Crippen LogP contribution in [0.4, 0.5) is 0 Å². The van der Waals surface area contributed by atoms with Crippen molar-refractivity contribution in [1.82, 2.24) is 0 Å². The van der Waals surface area contributed by atoms with Gasteiger partial charge in [0.05, 0.1) is 6.42 Å². The van der Waals surface area contributed by atoms with Crippen molar-refractivity contribution in [3.05, 3.63) is 53.6 Å². The average molecular weight is 362 g/mol. The zero-order valence-corrected chi connectivity index (χ0v) is 13.5. The third kappa shape index (κ3) is 7.84. The van der Waals surface area contributed by atoms with E-state index in [1.54, 1.807) is 42.5 Å². The summed E-state index contributed by atoms with van der Waals surface area (Å²) in [5, 5.41) is 51.9. The quantitative estimate of drug-likeness (QED) is 0.440. The highest BCUT2D eigenvalue weighted by Crippen LogP contribution is 2.22. The standard InChI is InChI=1S/C14H12O3.C4H6O5/c15-12-5-3-10(4-6-12)1-2-11-7-13(16)9-14(17)8-11;5-2(4(8)9)1-3(6)7/h1-9,15-17H;2,5H,1H2,(H,6,7)(H,8,9). The van der Waals surface area contributed by atoms with E-state index in [1.807, 2.05) is 6.08 Å². The first-order chi connectivity index (χ1) is 12.2. The van der Waals surface area contributed by atoms with Gasteiger partial charge in [0, 0.05) is 6.07 Å². The smallest absolute Gasteiger partial charge is 0.333 e. The summed E-state index contributed by atoms with van der Waals surface area (Å²) in [6.45, 7) is 0. The topological polar surface area (TPSA) is 156 Å². The second kappa shape index (κ2) is 9.70. The molecule has 0 aliphatic heterocycles. The Bertz CT molecular complexity index is 760. The Morgan fingerprint density at radius 3 is 1.73 bits per heavy atom. The number of benzene rings is 2. The summed E-state index contributed by atoms with van der Waals surface area (Å²) in [5.74, 6) is -2.58. The molecule has 0 bridgehead atoms. The van der Waals surface area contributed by atoms with Crippen LogP contribution >= 0.6 is 0 Å². The molecule has 8 nitrogen and oxygen atoms in total. The Labute approximate surface area is 148 Å². The van der Waals surface area contributed by atoms with Crippen molar-refractivity contribution in [2.45, 2.75) is 12.5 Å². The molecule has 1 unspecified atom stereocenters. The molecular formula is C18H18O8. The molecule has 0 aromatic heterocycles. The van der Waals surface area contributed by atoms with E-state index < -0.39 is 24.5 Å². The minimum absolute atomic E-state index is 0.0235. The van der Waals surface area contributed by atoms with Crippen molar-refractivity contribution < 1.29 is 40.2 Å². The summed E-state index contributed by atoms with van der Waals surface area (Å²) in [6.07, 6.45) is 1.05. The maximum atomic E-state index is 9.72. The monoisotopic (exact) mass is 362 g/mol. The number of aliphatic hydroxyl groups is 1. The van der Waals surface area contributed by atoms with E-state index in [0.29, 0.717) is 5.56 Å². The van der Waals surface area contributed by atoms with Gasteiger partial charge in [-0.2, -0.15) is 0 Å². The van der Waals surface area contributed by atoms with Crippen LogP contribution in [0.2, 0.25) is 0 Å². The summed E-state index contributed by atoms with van der Waals surface area (Å²) in [7, 11) is 0. The van der Waals surface area contributed by atoms with Crippen molar-refractivity contribution in [2.24, 2.45) is 0 Å². The number of hydrogen-bond acceptors (Lipinski definition) is 6. The SMILES string of the molecule is O=C(O)CC(O)C(=O)O.Oc1ccc(C=Cc2cc(O)cc(O)c2)cc1. The van der Waals surface area contributed by atoms with Gasteiger partial charge in [-0.05, 0) is 35.4 Å². The minimum Gasteiger partial charge on any atom is -0.508 e. The van der Waals surface area contributed by atoms with Gasteiger partial charge in [0.1, 0.15) is 17.2 Å². The van der Waals surface area contributed by atoms with Gasteiger partial charge in [-0.1, -0.05) is 24.3 Å². The maximum absolute atomic E-state index is 9.72. The first-order valence-electron chi connectivity index (χ1n) is 7.30. The normalized spacial score (nSPS) is 11.4. The lowest BCUT2D eigenvalue weighted by Crippen LogP contribution is -2.22. The molecule has 2 aromatic carbocycles. The maximum Gasteiger partial charge on any atom is 0.333 e. The third-order valence-electron chi connectivity index (χ3n) is 2.94. The van der Waals surface area contributed by atoms with Gasteiger partial charge < -0.3 is 30.6 Å². The summed E-state index contributed by atoms with van der Waals surface area (Å²) < 4.78 is 0. The Morgan fingerprint density at radius 1 is 0.808 bits per heavy atom. The number of phenolic OH excluding ortho intramolecular Hbond substituents is 3. The fourth-order valence-electron chi connectivity index (χ4n) is 1.74. The molecule has 0 aliphatic carbocycles. The van der Waals surface area contributed by atoms with E-state index in [1.165, 1.54) is 6.07 Å². The van der Waals surface area contributed by atoms with E-state index in [-0.39, 0.29) is 17.2 Å². The highest BCUT2D eigenvalue weighted by atomic mass is 16.4. The van der Waals surface area contributed by atoms with E-state index in [0.717, 1.165) is 5.56 Å². The molecule has 1 atom stereocenters. The summed E-state index contributed by atoms with van der Waals surface area (Å²) in [5.41, 5.74) is 1.63. The van der Waals surface area contributed by atoms with Crippen molar-refractivity contribution in [2.75, 3.05) is 0 Å². The van der Waals surface area contributed by atoms with Crippen molar-refractivity contribution in [1.29, 1.82) is 0 Å². The number of phenols is 3. The van der Waals surface area contributed by atoms with Crippen LogP contribution in [0.1, 0.15) is 17.5 Å². The second-order valence-corrected chi connectivity index (χ2v) is 5.16.